The van der Waals surface area contributed by atoms with E-state index >= 15 is 0 Å². The van der Waals surface area contributed by atoms with E-state index in [1.54, 1.807) is 0 Å². The van der Waals surface area contributed by atoms with Crippen molar-refractivity contribution in [3.63, 3.8) is 0 Å². The first-order chi connectivity index (χ1) is 9.22. The lowest BCUT2D eigenvalue weighted by atomic mass is 10.1. The molecule has 2 aliphatic rings. The van der Waals surface area contributed by atoms with Crippen LogP contribution in [0.1, 0.15) is 52.4 Å². The molecular weight excluding hydrogens is 240 g/mol. The molecule has 2 saturated heterocycles. The Hall–Kier alpha value is -0.610. The van der Waals surface area contributed by atoms with Gasteiger partial charge in [0, 0.05) is 12.1 Å². The summed E-state index contributed by atoms with van der Waals surface area (Å²) in [7, 11) is 0. The molecule has 1 amide bonds. The van der Waals surface area contributed by atoms with Crippen LogP contribution >= 0.6 is 0 Å². The minimum Gasteiger partial charge on any atom is -0.378 e. The monoisotopic (exact) mass is 268 g/mol. The number of nitrogens with one attached hydrogen (secondary N) is 1. The van der Waals surface area contributed by atoms with Gasteiger partial charge in [0.1, 0.15) is 0 Å². The van der Waals surface area contributed by atoms with Crippen molar-refractivity contribution >= 4 is 5.91 Å². The van der Waals surface area contributed by atoms with E-state index in [9.17, 15) is 4.79 Å². The molecule has 1 N–H and O–H groups in total. The van der Waals surface area contributed by atoms with E-state index < -0.39 is 0 Å². The Balaban J connectivity index is 1.71. The molecule has 4 nitrogen and oxygen atoms in total. The maximum absolute atomic E-state index is 12.3. The number of likely N-dealkylation sites (tertiary alicyclic amines) is 1. The highest BCUT2D eigenvalue weighted by atomic mass is 16.5. The van der Waals surface area contributed by atoms with Gasteiger partial charge in [-0.1, -0.05) is 6.92 Å². The maximum atomic E-state index is 12.3. The van der Waals surface area contributed by atoms with Gasteiger partial charge in [0.05, 0.1) is 19.1 Å². The molecule has 0 aromatic carbocycles. The number of rotatable bonds is 5. The molecule has 0 bridgehead atoms. The molecule has 110 valence electrons. The number of hydrogen-bond donors (Lipinski definition) is 1. The average Bonchev–Trinajstić information content (AvgIpc) is 2.81. The van der Waals surface area contributed by atoms with Crippen LogP contribution in [0.4, 0.5) is 0 Å². The molecule has 0 saturated carbocycles. The highest BCUT2D eigenvalue weighted by Gasteiger charge is 2.32. The molecule has 2 atom stereocenters. The summed E-state index contributed by atoms with van der Waals surface area (Å²) in [6.45, 7) is 7.01. The molecule has 2 aliphatic heterocycles. The molecule has 0 aromatic heterocycles. The number of amides is 1. The quantitative estimate of drug-likeness (QED) is 0.828. The summed E-state index contributed by atoms with van der Waals surface area (Å²) in [5, 5.41) is 3.32. The lowest BCUT2D eigenvalue weighted by Gasteiger charge is -2.29. The molecule has 0 aliphatic carbocycles. The normalized spacial score (nSPS) is 28.8. The Labute approximate surface area is 116 Å². The fourth-order valence-electron chi connectivity index (χ4n) is 3.33. The number of hydrogen-bond acceptors (Lipinski definition) is 3. The highest BCUT2D eigenvalue weighted by molar-refractivity contribution is 5.77. The van der Waals surface area contributed by atoms with Crippen LogP contribution in [-0.2, 0) is 9.53 Å². The van der Waals surface area contributed by atoms with Gasteiger partial charge in [-0.25, -0.2) is 0 Å². The second-order valence-corrected chi connectivity index (χ2v) is 5.86. The van der Waals surface area contributed by atoms with E-state index in [-0.39, 0.29) is 5.91 Å². The Kier molecular flexibility index (Phi) is 5.64. The first-order valence-corrected chi connectivity index (χ1v) is 7.85. The fraction of sp³-hybridized carbons (Fsp3) is 0.933. The predicted molar refractivity (Wildman–Crippen MR) is 76.1 cm³/mol. The first kappa shape index (κ1) is 14.8. The molecular formula is C15H28N2O2. The third kappa shape index (κ3) is 3.93. The topological polar surface area (TPSA) is 41.6 Å². The lowest BCUT2D eigenvalue weighted by Crippen LogP contribution is -2.40. The van der Waals surface area contributed by atoms with Crippen LogP contribution in [0.2, 0.25) is 0 Å². The molecule has 4 heteroatoms. The standard InChI is InChI=1S/C15H28N2O2/c1-3-13-5-4-12(2)17(13)15(18)8-11-19-14-6-9-16-10-7-14/h12-14,16H,3-11H2,1-2H3. The minimum atomic E-state index is 0.283. The molecule has 19 heavy (non-hydrogen) atoms. The van der Waals surface area contributed by atoms with Crippen LogP contribution in [0.25, 0.3) is 0 Å². The Morgan fingerprint density at radius 1 is 1.26 bits per heavy atom. The minimum absolute atomic E-state index is 0.283. The summed E-state index contributed by atoms with van der Waals surface area (Å²) in [4.78, 5) is 14.4. The third-order valence-electron chi connectivity index (χ3n) is 4.50. The Morgan fingerprint density at radius 2 is 2.00 bits per heavy atom. The summed E-state index contributed by atoms with van der Waals surface area (Å²) in [6.07, 6.45) is 6.44. The number of nitrogens with zero attached hydrogens (tertiary/aromatic N) is 1. The van der Waals surface area contributed by atoms with Gasteiger partial charge in [-0.3, -0.25) is 4.79 Å². The van der Waals surface area contributed by atoms with Crippen molar-refractivity contribution in [2.75, 3.05) is 19.7 Å². The van der Waals surface area contributed by atoms with Gasteiger partial charge < -0.3 is 15.0 Å². The smallest absolute Gasteiger partial charge is 0.225 e. The van der Waals surface area contributed by atoms with Gasteiger partial charge in [0.15, 0.2) is 0 Å². The highest BCUT2D eigenvalue weighted by Crippen LogP contribution is 2.26. The van der Waals surface area contributed by atoms with Crippen molar-refractivity contribution < 1.29 is 9.53 Å². The van der Waals surface area contributed by atoms with Crippen molar-refractivity contribution in [1.82, 2.24) is 10.2 Å². The summed E-state index contributed by atoms with van der Waals surface area (Å²) in [5.41, 5.74) is 0. The van der Waals surface area contributed by atoms with Gasteiger partial charge in [-0.05, 0) is 52.1 Å². The maximum Gasteiger partial charge on any atom is 0.225 e. The van der Waals surface area contributed by atoms with E-state index in [4.69, 9.17) is 4.74 Å². The summed E-state index contributed by atoms with van der Waals surface area (Å²) < 4.78 is 5.83. The molecule has 0 radical (unpaired) electrons. The molecule has 2 fully saturated rings. The molecule has 0 aromatic rings. The molecule has 0 spiro atoms. The Morgan fingerprint density at radius 3 is 2.68 bits per heavy atom. The first-order valence-electron chi connectivity index (χ1n) is 7.85. The van der Waals surface area contributed by atoms with Gasteiger partial charge in [0.25, 0.3) is 0 Å². The van der Waals surface area contributed by atoms with Crippen LogP contribution in [0.5, 0.6) is 0 Å². The third-order valence-corrected chi connectivity index (χ3v) is 4.50. The zero-order valence-electron chi connectivity index (χ0n) is 12.4. The van der Waals surface area contributed by atoms with Crippen LogP contribution in [0.15, 0.2) is 0 Å². The summed E-state index contributed by atoms with van der Waals surface area (Å²) in [5.74, 6) is 0.283. The van der Waals surface area contributed by atoms with E-state index in [2.05, 4.69) is 24.1 Å². The van der Waals surface area contributed by atoms with Gasteiger partial charge in [0.2, 0.25) is 5.91 Å². The largest absolute Gasteiger partial charge is 0.378 e. The second-order valence-electron chi connectivity index (χ2n) is 5.86. The van der Waals surface area contributed by atoms with E-state index in [0.29, 0.717) is 31.2 Å². The molecule has 2 unspecified atom stereocenters. The number of carbonyl (C=O) groups excluding carboxylic acids is 1. The summed E-state index contributed by atoms with van der Waals surface area (Å²) in [6, 6.07) is 0.873. The number of ether oxygens (including phenoxy) is 1. The van der Waals surface area contributed by atoms with Crippen molar-refractivity contribution in [3.05, 3.63) is 0 Å². The van der Waals surface area contributed by atoms with Crippen molar-refractivity contribution in [3.8, 4) is 0 Å². The summed E-state index contributed by atoms with van der Waals surface area (Å²) >= 11 is 0. The van der Waals surface area contributed by atoms with Crippen LogP contribution in [0, 0.1) is 0 Å². The van der Waals surface area contributed by atoms with E-state index in [0.717, 1.165) is 38.8 Å². The zero-order chi connectivity index (χ0) is 13.7. The van der Waals surface area contributed by atoms with Crippen molar-refractivity contribution in [2.45, 2.75) is 70.6 Å². The predicted octanol–water partition coefficient (Wildman–Crippen LogP) is 1.93. The number of carbonyl (C=O) groups is 1. The number of piperidine rings is 1. The van der Waals surface area contributed by atoms with Crippen molar-refractivity contribution in [1.29, 1.82) is 0 Å². The van der Waals surface area contributed by atoms with Gasteiger partial charge in [-0.15, -0.1) is 0 Å². The second kappa shape index (κ2) is 7.25. The molecule has 2 heterocycles. The van der Waals surface area contributed by atoms with Crippen LogP contribution in [-0.4, -0.2) is 48.7 Å². The lowest BCUT2D eigenvalue weighted by molar-refractivity contribution is -0.135. The van der Waals surface area contributed by atoms with Crippen LogP contribution < -0.4 is 5.32 Å². The fourth-order valence-corrected chi connectivity index (χ4v) is 3.33. The van der Waals surface area contributed by atoms with Gasteiger partial charge in [-0.2, -0.15) is 0 Å². The van der Waals surface area contributed by atoms with Crippen molar-refractivity contribution in [2.24, 2.45) is 0 Å². The molecule has 2 rings (SSSR count). The SMILES string of the molecule is CCC1CCC(C)N1C(=O)CCOC1CCNCC1. The Bertz CT molecular complexity index is 290. The van der Waals surface area contributed by atoms with Gasteiger partial charge >= 0.3 is 0 Å². The van der Waals surface area contributed by atoms with E-state index in [1.807, 2.05) is 0 Å². The van der Waals surface area contributed by atoms with E-state index in [1.165, 1.54) is 6.42 Å². The zero-order valence-corrected chi connectivity index (χ0v) is 12.4. The van der Waals surface area contributed by atoms with Crippen LogP contribution in [0.3, 0.4) is 0 Å². The average molecular weight is 268 g/mol.